The van der Waals surface area contributed by atoms with Gasteiger partial charge in [-0.25, -0.2) is 4.79 Å². The van der Waals surface area contributed by atoms with Crippen LogP contribution < -0.4 is 5.32 Å². The smallest absolute Gasteiger partial charge is 0.353 e. The van der Waals surface area contributed by atoms with Crippen molar-refractivity contribution < 1.29 is 28.8 Å². The number of aliphatic hydroxyl groups excluding tert-OH is 1. The molecule has 3 aliphatic heterocycles. The topological polar surface area (TPSA) is 127 Å². The van der Waals surface area contributed by atoms with Crippen LogP contribution in [-0.4, -0.2) is 86.1 Å². The third-order valence-electron chi connectivity index (χ3n) is 5.66. The van der Waals surface area contributed by atoms with Gasteiger partial charge in [0, 0.05) is 26.6 Å². The summed E-state index contributed by atoms with van der Waals surface area (Å²) in [4.78, 5) is 39.2. The van der Waals surface area contributed by atoms with E-state index in [1.807, 2.05) is 0 Å². The molecule has 27 heavy (non-hydrogen) atoms. The van der Waals surface area contributed by atoms with Crippen LogP contribution >= 0.6 is 0 Å². The maximum atomic E-state index is 13.2. The molecule has 3 rings (SSSR count). The SMILES string of the molecule is C[C@@H](O)[C@H]1C(=O)N2C(C(=O)O)=C(S(=O)[C@@H]3CN[C@H](C(=O)N(C)C)C3)[C@H](C)[C@H]12. The summed E-state index contributed by atoms with van der Waals surface area (Å²) < 4.78 is 13.2. The van der Waals surface area contributed by atoms with Crippen molar-refractivity contribution in [1.82, 2.24) is 15.1 Å². The number of amides is 2. The number of likely N-dealkylation sites (N-methyl/N-ethyl adjacent to an activating group) is 1. The molecule has 150 valence electrons. The minimum absolute atomic E-state index is 0.116. The zero-order chi connectivity index (χ0) is 20.2. The second kappa shape index (κ2) is 6.99. The maximum Gasteiger partial charge on any atom is 0.353 e. The van der Waals surface area contributed by atoms with Crippen LogP contribution in [0.3, 0.4) is 0 Å². The van der Waals surface area contributed by atoms with Crippen LogP contribution in [0.25, 0.3) is 0 Å². The Balaban J connectivity index is 1.87. The summed E-state index contributed by atoms with van der Waals surface area (Å²) in [7, 11) is 1.63. The largest absolute Gasteiger partial charge is 0.477 e. The summed E-state index contributed by atoms with van der Waals surface area (Å²) in [5.74, 6) is -2.98. The molecule has 0 aromatic carbocycles. The fourth-order valence-corrected chi connectivity index (χ4v) is 6.20. The van der Waals surface area contributed by atoms with Crippen molar-refractivity contribution in [1.29, 1.82) is 0 Å². The van der Waals surface area contributed by atoms with Crippen molar-refractivity contribution in [2.75, 3.05) is 20.6 Å². The van der Waals surface area contributed by atoms with Crippen molar-refractivity contribution in [2.24, 2.45) is 11.8 Å². The molecule has 0 bridgehead atoms. The molecule has 2 amide bonds. The lowest BCUT2D eigenvalue weighted by Crippen LogP contribution is -2.63. The van der Waals surface area contributed by atoms with E-state index in [2.05, 4.69) is 5.32 Å². The summed E-state index contributed by atoms with van der Waals surface area (Å²) >= 11 is 0. The lowest BCUT2D eigenvalue weighted by Gasteiger charge is -2.46. The van der Waals surface area contributed by atoms with Gasteiger partial charge in [-0.2, -0.15) is 0 Å². The zero-order valence-electron chi connectivity index (χ0n) is 15.7. The van der Waals surface area contributed by atoms with Gasteiger partial charge < -0.3 is 25.3 Å². The second-order valence-electron chi connectivity index (χ2n) is 7.62. The van der Waals surface area contributed by atoms with E-state index in [4.69, 9.17) is 0 Å². The van der Waals surface area contributed by atoms with Crippen LogP contribution in [0.15, 0.2) is 10.6 Å². The molecule has 2 fully saturated rings. The highest BCUT2D eigenvalue weighted by Gasteiger charge is 2.61. The van der Waals surface area contributed by atoms with Gasteiger partial charge in [-0.1, -0.05) is 6.92 Å². The molecule has 0 aromatic rings. The first-order valence-corrected chi connectivity index (χ1v) is 10.1. The molecular formula is C17H25N3O6S. The third-order valence-corrected chi connectivity index (χ3v) is 7.62. The van der Waals surface area contributed by atoms with E-state index in [9.17, 15) is 28.8 Å². The van der Waals surface area contributed by atoms with E-state index in [1.165, 1.54) is 16.7 Å². The highest BCUT2D eigenvalue weighted by atomic mass is 32.2. The van der Waals surface area contributed by atoms with Gasteiger partial charge in [-0.05, 0) is 13.3 Å². The Morgan fingerprint density at radius 3 is 2.52 bits per heavy atom. The van der Waals surface area contributed by atoms with Gasteiger partial charge in [0.05, 0.1) is 45.1 Å². The number of hydrogen-bond acceptors (Lipinski definition) is 6. The molecule has 3 heterocycles. The van der Waals surface area contributed by atoms with Crippen LogP contribution in [0, 0.1) is 11.8 Å². The lowest BCUT2D eigenvalue weighted by atomic mass is 9.79. The Bertz CT molecular complexity index is 749. The first-order chi connectivity index (χ1) is 12.6. The van der Waals surface area contributed by atoms with Crippen molar-refractivity contribution in [3.8, 4) is 0 Å². The molecular weight excluding hydrogens is 374 g/mol. The van der Waals surface area contributed by atoms with Gasteiger partial charge >= 0.3 is 5.97 Å². The normalized spacial score (nSPS) is 34.9. The number of carboxylic acids is 1. The number of β-lactam (4-membered cyclic amide) rings is 1. The Morgan fingerprint density at radius 1 is 1.37 bits per heavy atom. The minimum Gasteiger partial charge on any atom is -0.477 e. The average molecular weight is 399 g/mol. The number of hydrogen-bond donors (Lipinski definition) is 3. The molecule has 0 aliphatic carbocycles. The first-order valence-electron chi connectivity index (χ1n) is 8.91. The van der Waals surface area contributed by atoms with Crippen molar-refractivity contribution in [3.63, 3.8) is 0 Å². The van der Waals surface area contributed by atoms with Gasteiger partial charge in [-0.15, -0.1) is 0 Å². The number of nitrogens with one attached hydrogen (secondary N) is 1. The molecule has 9 nitrogen and oxygen atoms in total. The van der Waals surface area contributed by atoms with Crippen LogP contribution in [0.4, 0.5) is 0 Å². The quantitative estimate of drug-likeness (QED) is 0.491. The van der Waals surface area contributed by atoms with E-state index in [1.54, 1.807) is 21.0 Å². The predicted molar refractivity (Wildman–Crippen MR) is 96.7 cm³/mol. The van der Waals surface area contributed by atoms with Crippen LogP contribution in [-0.2, 0) is 25.2 Å². The number of rotatable bonds is 5. The number of aliphatic carboxylic acids is 1. The van der Waals surface area contributed by atoms with Crippen molar-refractivity contribution in [3.05, 3.63) is 10.6 Å². The van der Waals surface area contributed by atoms with Crippen LogP contribution in [0.2, 0.25) is 0 Å². The lowest BCUT2D eigenvalue weighted by molar-refractivity contribution is -0.163. The summed E-state index contributed by atoms with van der Waals surface area (Å²) in [6.07, 6.45) is -0.565. The molecule has 3 N–H and O–H groups in total. The molecule has 0 aromatic heterocycles. The fraction of sp³-hybridized carbons (Fsp3) is 0.706. The van der Waals surface area contributed by atoms with Gasteiger partial charge in [0.15, 0.2) is 0 Å². The zero-order valence-corrected chi connectivity index (χ0v) is 16.5. The number of fused-ring (bicyclic) bond motifs is 1. The number of carbonyl (C=O) groups excluding carboxylic acids is 2. The van der Waals surface area contributed by atoms with Crippen LogP contribution in [0.1, 0.15) is 20.3 Å². The van der Waals surface area contributed by atoms with E-state index in [0.717, 1.165) is 0 Å². The summed E-state index contributed by atoms with van der Waals surface area (Å²) in [6.45, 7) is 3.58. The van der Waals surface area contributed by atoms with Gasteiger partial charge in [0.25, 0.3) is 0 Å². The second-order valence-corrected chi connectivity index (χ2v) is 9.32. The van der Waals surface area contributed by atoms with Crippen molar-refractivity contribution in [2.45, 2.75) is 43.7 Å². The van der Waals surface area contributed by atoms with E-state index in [0.29, 0.717) is 13.0 Å². The number of aliphatic hydroxyl groups is 1. The fourth-order valence-electron chi connectivity index (χ4n) is 4.34. The Labute approximate surface area is 159 Å². The monoisotopic (exact) mass is 399 g/mol. The molecule has 0 radical (unpaired) electrons. The van der Waals surface area contributed by atoms with Crippen molar-refractivity contribution >= 4 is 28.6 Å². The summed E-state index contributed by atoms with van der Waals surface area (Å²) in [6, 6.07) is -0.945. The molecule has 0 spiro atoms. The van der Waals surface area contributed by atoms with E-state index < -0.39 is 57.9 Å². The maximum absolute atomic E-state index is 13.2. The van der Waals surface area contributed by atoms with Gasteiger partial charge in [0.2, 0.25) is 11.8 Å². The van der Waals surface area contributed by atoms with E-state index in [-0.39, 0.29) is 16.5 Å². The Morgan fingerprint density at radius 2 is 2.00 bits per heavy atom. The average Bonchev–Trinajstić information content (AvgIpc) is 3.15. The Hall–Kier alpha value is -1.78. The van der Waals surface area contributed by atoms with Gasteiger partial charge in [0.1, 0.15) is 5.70 Å². The molecule has 2 saturated heterocycles. The highest BCUT2D eigenvalue weighted by Crippen LogP contribution is 2.48. The Kier molecular flexibility index (Phi) is 5.17. The van der Waals surface area contributed by atoms with Gasteiger partial charge in [-0.3, -0.25) is 13.8 Å². The molecule has 7 atom stereocenters. The molecule has 3 aliphatic rings. The number of carboxylic acid groups (broad SMARTS) is 1. The first kappa shape index (κ1) is 20.0. The molecule has 1 unspecified atom stereocenters. The standard InChI is InChI=1S/C17H25N3O6S/c1-7-12-11(8(2)21)16(23)20(12)13(17(24)25)14(7)27(26)9-5-10(18-6-9)15(22)19(3)4/h7-12,18,21H,5-6H2,1-4H3,(H,24,25)/t7-,8-,9+,10+,11-,12-,27?/m1/s1. The highest BCUT2D eigenvalue weighted by molar-refractivity contribution is 7.89. The van der Waals surface area contributed by atoms with E-state index >= 15 is 0 Å². The van der Waals surface area contributed by atoms with Crippen LogP contribution in [0.5, 0.6) is 0 Å². The third kappa shape index (κ3) is 2.99. The number of nitrogens with zero attached hydrogens (tertiary/aromatic N) is 2. The molecule has 10 heteroatoms. The number of carbonyl (C=O) groups is 3. The summed E-state index contributed by atoms with van der Waals surface area (Å²) in [5, 5.41) is 22.2. The minimum atomic E-state index is -1.66. The predicted octanol–water partition coefficient (Wildman–Crippen LogP) is -1.29. The summed E-state index contributed by atoms with van der Waals surface area (Å²) in [5.41, 5.74) is -0.227. The molecule has 0 saturated carbocycles.